The second-order valence-electron chi connectivity index (χ2n) is 3.87. The number of hydrogen-bond donors (Lipinski definition) is 1. The third-order valence-corrected chi connectivity index (χ3v) is 2.97. The molecule has 0 heterocycles. The smallest absolute Gasteiger partial charge is 0.243 e. The van der Waals surface area contributed by atoms with E-state index in [1.54, 1.807) is 7.11 Å². The first-order chi connectivity index (χ1) is 7.76. The van der Waals surface area contributed by atoms with Gasteiger partial charge in [-0.15, -0.1) is 0 Å². The van der Waals surface area contributed by atoms with Gasteiger partial charge in [0.25, 0.3) is 0 Å². The predicted molar refractivity (Wildman–Crippen MR) is 62.0 cm³/mol. The molecule has 1 aromatic carbocycles. The Balaban J connectivity index is 2.26. The molecule has 1 N–H and O–H groups in total. The molecule has 1 aliphatic rings. The summed E-state index contributed by atoms with van der Waals surface area (Å²) in [6.07, 6.45) is 2.14. The van der Waals surface area contributed by atoms with Crippen LogP contribution in [0.4, 0.5) is 0 Å². The summed E-state index contributed by atoms with van der Waals surface area (Å²) >= 11 is 0. The Kier molecular flexibility index (Phi) is 3.06. The standard InChI is InChI=1S/C13H15NO2/c1-3-12(15)14-13-10-7-5-4-6-9(10)8-11(13)16-2/h3-7,11,13H,1,8H2,2H3,(H,14,15)/t11-,13-/m0/s1. The number of methoxy groups -OCH3 is 1. The molecule has 0 aromatic heterocycles. The van der Waals surface area contributed by atoms with Gasteiger partial charge in [0, 0.05) is 13.5 Å². The number of rotatable bonds is 3. The van der Waals surface area contributed by atoms with E-state index < -0.39 is 0 Å². The number of nitrogens with one attached hydrogen (secondary N) is 1. The van der Waals surface area contributed by atoms with Gasteiger partial charge in [-0.25, -0.2) is 0 Å². The van der Waals surface area contributed by atoms with Crippen LogP contribution < -0.4 is 5.32 Å². The fraction of sp³-hybridized carbons (Fsp3) is 0.308. The van der Waals surface area contributed by atoms with Crippen molar-refractivity contribution in [2.45, 2.75) is 18.6 Å². The van der Waals surface area contributed by atoms with E-state index in [1.165, 1.54) is 11.6 Å². The Morgan fingerprint density at radius 1 is 1.56 bits per heavy atom. The molecular formula is C13H15NO2. The average molecular weight is 217 g/mol. The highest BCUT2D eigenvalue weighted by Gasteiger charge is 2.32. The van der Waals surface area contributed by atoms with Gasteiger partial charge in [-0.2, -0.15) is 0 Å². The summed E-state index contributed by atoms with van der Waals surface area (Å²) in [6.45, 7) is 3.46. The summed E-state index contributed by atoms with van der Waals surface area (Å²) in [4.78, 5) is 11.4. The molecule has 0 aliphatic heterocycles. The van der Waals surface area contributed by atoms with Crippen molar-refractivity contribution < 1.29 is 9.53 Å². The number of amides is 1. The minimum absolute atomic E-state index is 0.0151. The van der Waals surface area contributed by atoms with Crippen LogP contribution in [0.15, 0.2) is 36.9 Å². The van der Waals surface area contributed by atoms with Crippen LogP contribution in [-0.4, -0.2) is 19.1 Å². The van der Waals surface area contributed by atoms with Crippen molar-refractivity contribution in [3.05, 3.63) is 48.0 Å². The van der Waals surface area contributed by atoms with E-state index in [2.05, 4.69) is 18.0 Å². The van der Waals surface area contributed by atoms with Crippen molar-refractivity contribution in [1.29, 1.82) is 0 Å². The molecule has 0 unspecified atom stereocenters. The molecule has 3 heteroatoms. The van der Waals surface area contributed by atoms with Crippen LogP contribution in [0, 0.1) is 0 Å². The molecule has 1 aliphatic carbocycles. The van der Waals surface area contributed by atoms with Gasteiger partial charge in [0.1, 0.15) is 0 Å². The Bertz CT molecular complexity index is 414. The molecule has 84 valence electrons. The van der Waals surface area contributed by atoms with Crippen LogP contribution in [-0.2, 0) is 16.0 Å². The van der Waals surface area contributed by atoms with Crippen LogP contribution >= 0.6 is 0 Å². The highest BCUT2D eigenvalue weighted by atomic mass is 16.5. The number of carbonyl (C=O) groups is 1. The molecule has 2 atom stereocenters. The molecule has 0 saturated carbocycles. The predicted octanol–water partition coefficient (Wildman–Crippen LogP) is 1.60. The molecule has 0 radical (unpaired) electrons. The Morgan fingerprint density at radius 2 is 2.31 bits per heavy atom. The summed E-state index contributed by atoms with van der Waals surface area (Å²) < 4.78 is 5.40. The van der Waals surface area contributed by atoms with Crippen molar-refractivity contribution in [2.24, 2.45) is 0 Å². The van der Waals surface area contributed by atoms with Crippen molar-refractivity contribution in [2.75, 3.05) is 7.11 Å². The first-order valence-corrected chi connectivity index (χ1v) is 5.29. The zero-order valence-corrected chi connectivity index (χ0v) is 9.27. The highest BCUT2D eigenvalue weighted by molar-refractivity contribution is 5.87. The lowest BCUT2D eigenvalue weighted by Gasteiger charge is -2.19. The fourth-order valence-corrected chi connectivity index (χ4v) is 2.16. The van der Waals surface area contributed by atoms with Gasteiger partial charge in [-0.3, -0.25) is 4.79 Å². The van der Waals surface area contributed by atoms with E-state index in [-0.39, 0.29) is 18.1 Å². The summed E-state index contributed by atoms with van der Waals surface area (Å²) in [5, 5.41) is 2.90. The van der Waals surface area contributed by atoms with Gasteiger partial charge >= 0.3 is 0 Å². The van der Waals surface area contributed by atoms with E-state index in [0.29, 0.717) is 0 Å². The Morgan fingerprint density at radius 3 is 3.00 bits per heavy atom. The van der Waals surface area contributed by atoms with Gasteiger partial charge < -0.3 is 10.1 Å². The second-order valence-corrected chi connectivity index (χ2v) is 3.87. The molecular weight excluding hydrogens is 202 g/mol. The van der Waals surface area contributed by atoms with E-state index in [9.17, 15) is 4.79 Å². The van der Waals surface area contributed by atoms with Gasteiger partial charge in [0.05, 0.1) is 12.1 Å². The number of benzene rings is 1. The van der Waals surface area contributed by atoms with Crippen LogP contribution in [0.2, 0.25) is 0 Å². The molecule has 0 bridgehead atoms. The molecule has 0 spiro atoms. The highest BCUT2D eigenvalue weighted by Crippen LogP contribution is 2.32. The minimum Gasteiger partial charge on any atom is -0.379 e. The minimum atomic E-state index is -0.163. The number of ether oxygens (including phenoxy) is 1. The second kappa shape index (κ2) is 4.49. The summed E-state index contributed by atoms with van der Waals surface area (Å²) in [6, 6.07) is 8.02. The lowest BCUT2D eigenvalue weighted by atomic mass is 10.1. The quantitative estimate of drug-likeness (QED) is 0.781. The van der Waals surface area contributed by atoms with Gasteiger partial charge in [-0.1, -0.05) is 30.8 Å². The van der Waals surface area contributed by atoms with Crippen LogP contribution in [0.5, 0.6) is 0 Å². The van der Waals surface area contributed by atoms with Crippen LogP contribution in [0.25, 0.3) is 0 Å². The summed E-state index contributed by atoms with van der Waals surface area (Å²) in [5.41, 5.74) is 2.38. The summed E-state index contributed by atoms with van der Waals surface area (Å²) in [7, 11) is 1.67. The SMILES string of the molecule is C=CC(=O)N[C@H]1c2ccccc2C[C@@H]1OC. The zero-order chi connectivity index (χ0) is 11.5. The largest absolute Gasteiger partial charge is 0.379 e. The topological polar surface area (TPSA) is 38.3 Å². The van der Waals surface area contributed by atoms with Gasteiger partial charge in [0.2, 0.25) is 5.91 Å². The maximum absolute atomic E-state index is 11.4. The van der Waals surface area contributed by atoms with Crippen LogP contribution in [0.1, 0.15) is 17.2 Å². The normalized spacial score (nSPS) is 22.6. The molecule has 1 amide bonds. The number of hydrogen-bond acceptors (Lipinski definition) is 2. The Labute approximate surface area is 95.1 Å². The molecule has 3 nitrogen and oxygen atoms in total. The zero-order valence-electron chi connectivity index (χ0n) is 9.27. The molecule has 16 heavy (non-hydrogen) atoms. The molecule has 1 aromatic rings. The van der Waals surface area contributed by atoms with Crippen LogP contribution in [0.3, 0.4) is 0 Å². The van der Waals surface area contributed by atoms with Crippen molar-refractivity contribution >= 4 is 5.91 Å². The summed E-state index contributed by atoms with van der Waals surface area (Å²) in [5.74, 6) is -0.163. The van der Waals surface area contributed by atoms with Crippen molar-refractivity contribution in [3.63, 3.8) is 0 Å². The Hall–Kier alpha value is -1.61. The van der Waals surface area contributed by atoms with Crippen molar-refractivity contribution in [1.82, 2.24) is 5.32 Å². The first-order valence-electron chi connectivity index (χ1n) is 5.29. The lowest BCUT2D eigenvalue weighted by Crippen LogP contribution is -2.33. The maximum Gasteiger partial charge on any atom is 0.243 e. The number of fused-ring (bicyclic) bond motifs is 1. The molecule has 2 rings (SSSR count). The first kappa shape index (κ1) is 10.9. The average Bonchev–Trinajstić information content (AvgIpc) is 2.67. The van der Waals surface area contributed by atoms with E-state index in [0.717, 1.165) is 12.0 Å². The lowest BCUT2D eigenvalue weighted by molar-refractivity contribution is -0.118. The van der Waals surface area contributed by atoms with E-state index in [1.807, 2.05) is 18.2 Å². The molecule has 0 fully saturated rings. The van der Waals surface area contributed by atoms with Gasteiger partial charge in [-0.05, 0) is 17.2 Å². The third kappa shape index (κ3) is 1.86. The number of carbonyl (C=O) groups excluding carboxylic acids is 1. The monoisotopic (exact) mass is 217 g/mol. The maximum atomic E-state index is 11.4. The van der Waals surface area contributed by atoms with Gasteiger partial charge in [0.15, 0.2) is 0 Å². The fourth-order valence-electron chi connectivity index (χ4n) is 2.16. The van der Waals surface area contributed by atoms with Crippen molar-refractivity contribution in [3.8, 4) is 0 Å². The van der Waals surface area contributed by atoms with E-state index in [4.69, 9.17) is 4.74 Å². The van der Waals surface area contributed by atoms with E-state index >= 15 is 0 Å². The third-order valence-electron chi connectivity index (χ3n) is 2.97. The molecule has 0 saturated heterocycles.